The van der Waals surface area contributed by atoms with Gasteiger partial charge in [-0.3, -0.25) is 4.90 Å². The van der Waals surface area contributed by atoms with Crippen LogP contribution in [0.15, 0.2) is 66.0 Å². The Kier molecular flexibility index (Phi) is 6.39. The highest BCUT2D eigenvalue weighted by Gasteiger charge is 2.32. The fraction of sp³-hybridized carbons (Fsp3) is 0.429. The average Bonchev–Trinajstić information content (AvgIpc) is 2.89. The quantitative estimate of drug-likeness (QED) is 0.759. The lowest BCUT2D eigenvalue weighted by atomic mass is 10.1. The first-order valence-electron chi connectivity index (χ1n) is 9.20. The number of piperazine rings is 1. The molecule has 0 bridgehead atoms. The summed E-state index contributed by atoms with van der Waals surface area (Å²) in [5, 5.41) is 0. The standard InChI is InChI=1S/C21H25F3N2O/c1-25-12-14-26(15-13-25)16-20(17-6-3-2-4-7-17)27-19-9-5-8-18(10-11-19)21(22,23)24/h2-4,6-11,20H,5,12-16H2,1H3. The summed E-state index contributed by atoms with van der Waals surface area (Å²) in [6, 6.07) is 9.86. The van der Waals surface area contributed by atoms with Crippen LogP contribution < -0.4 is 0 Å². The van der Waals surface area contributed by atoms with E-state index in [0.717, 1.165) is 37.8 Å². The molecule has 1 aromatic carbocycles. The average molecular weight is 378 g/mol. The molecule has 6 heteroatoms. The largest absolute Gasteiger partial charge is 0.485 e. The number of rotatable bonds is 5. The molecule has 3 rings (SSSR count). The number of likely N-dealkylation sites (N-methyl/N-ethyl adjacent to an activating group) is 1. The Labute approximate surface area is 158 Å². The lowest BCUT2D eigenvalue weighted by Crippen LogP contribution is -2.46. The fourth-order valence-electron chi connectivity index (χ4n) is 3.22. The molecule has 27 heavy (non-hydrogen) atoms. The molecule has 0 radical (unpaired) electrons. The predicted octanol–water partition coefficient (Wildman–Crippen LogP) is 4.32. The van der Waals surface area contributed by atoms with Crippen LogP contribution in [-0.2, 0) is 4.74 Å². The van der Waals surface area contributed by atoms with Crippen LogP contribution in [0, 0.1) is 0 Å². The molecule has 1 atom stereocenters. The van der Waals surface area contributed by atoms with E-state index in [4.69, 9.17) is 4.74 Å². The van der Waals surface area contributed by atoms with Gasteiger partial charge < -0.3 is 9.64 Å². The zero-order chi connectivity index (χ0) is 19.3. The van der Waals surface area contributed by atoms with E-state index in [2.05, 4.69) is 16.8 Å². The predicted molar refractivity (Wildman–Crippen MR) is 100 cm³/mol. The third-order valence-electron chi connectivity index (χ3n) is 4.88. The summed E-state index contributed by atoms with van der Waals surface area (Å²) in [6.07, 6.45) is 1.05. The number of nitrogens with zero attached hydrogens (tertiary/aromatic N) is 2. The van der Waals surface area contributed by atoms with E-state index >= 15 is 0 Å². The van der Waals surface area contributed by atoms with E-state index in [1.807, 2.05) is 30.3 Å². The van der Waals surface area contributed by atoms with Gasteiger partial charge in [0.1, 0.15) is 11.9 Å². The summed E-state index contributed by atoms with van der Waals surface area (Å²) < 4.78 is 44.9. The SMILES string of the molecule is CN1CCN(CC(OC2=CCC=C(C(F)(F)F)C=C2)c2ccccc2)CC1. The minimum Gasteiger partial charge on any atom is -0.485 e. The van der Waals surface area contributed by atoms with Crippen molar-refractivity contribution in [1.29, 1.82) is 0 Å². The Morgan fingerprint density at radius 2 is 1.70 bits per heavy atom. The molecule has 1 heterocycles. The Balaban J connectivity index is 1.71. The summed E-state index contributed by atoms with van der Waals surface area (Å²) in [4.78, 5) is 4.63. The molecule has 1 aromatic rings. The second-order valence-corrected chi connectivity index (χ2v) is 6.95. The molecule has 0 amide bonds. The number of hydrogen-bond donors (Lipinski definition) is 0. The number of halogens is 3. The number of alkyl halides is 3. The van der Waals surface area contributed by atoms with Gasteiger partial charge in [-0.1, -0.05) is 36.4 Å². The normalized spacial score (nSPS) is 20.6. The third kappa shape index (κ3) is 5.71. The highest BCUT2D eigenvalue weighted by molar-refractivity contribution is 5.33. The van der Waals surface area contributed by atoms with Crippen LogP contribution in [0.1, 0.15) is 18.1 Å². The molecule has 0 spiro atoms. The van der Waals surface area contributed by atoms with Crippen LogP contribution in [-0.4, -0.2) is 55.7 Å². The Morgan fingerprint density at radius 3 is 2.37 bits per heavy atom. The number of hydrogen-bond acceptors (Lipinski definition) is 3. The van der Waals surface area contributed by atoms with Gasteiger partial charge in [0.05, 0.1) is 5.57 Å². The van der Waals surface area contributed by atoms with Gasteiger partial charge in [-0.2, -0.15) is 13.2 Å². The van der Waals surface area contributed by atoms with Crippen LogP contribution in [0.25, 0.3) is 0 Å². The number of allylic oxidation sites excluding steroid dienone is 5. The maximum absolute atomic E-state index is 12.9. The molecule has 1 fully saturated rings. The summed E-state index contributed by atoms with van der Waals surface area (Å²) in [5.41, 5.74) is 0.395. The molecular formula is C21H25F3N2O. The summed E-state index contributed by atoms with van der Waals surface area (Å²) >= 11 is 0. The van der Waals surface area contributed by atoms with Gasteiger partial charge in [0, 0.05) is 32.7 Å². The molecule has 0 aromatic heterocycles. The molecule has 146 valence electrons. The first-order chi connectivity index (χ1) is 12.9. The van der Waals surface area contributed by atoms with Gasteiger partial charge in [-0.05, 0) is 37.3 Å². The first kappa shape index (κ1) is 19.7. The van der Waals surface area contributed by atoms with Crippen molar-refractivity contribution in [3.63, 3.8) is 0 Å². The maximum Gasteiger partial charge on any atom is 0.416 e. The zero-order valence-corrected chi connectivity index (χ0v) is 15.5. The van der Waals surface area contributed by atoms with Gasteiger partial charge >= 0.3 is 6.18 Å². The van der Waals surface area contributed by atoms with Crippen molar-refractivity contribution >= 4 is 0 Å². The zero-order valence-electron chi connectivity index (χ0n) is 15.5. The molecule has 0 N–H and O–H groups in total. The van der Waals surface area contributed by atoms with Crippen molar-refractivity contribution in [3.05, 3.63) is 71.5 Å². The van der Waals surface area contributed by atoms with Crippen molar-refractivity contribution in [2.75, 3.05) is 39.8 Å². The van der Waals surface area contributed by atoms with E-state index in [1.165, 1.54) is 12.2 Å². The number of benzene rings is 1. The molecule has 1 aliphatic carbocycles. The minimum atomic E-state index is -4.33. The van der Waals surface area contributed by atoms with Gasteiger partial charge in [0.15, 0.2) is 0 Å². The number of ether oxygens (including phenoxy) is 1. The van der Waals surface area contributed by atoms with Crippen LogP contribution in [0.2, 0.25) is 0 Å². The van der Waals surface area contributed by atoms with Gasteiger partial charge in [0.25, 0.3) is 0 Å². The van der Waals surface area contributed by atoms with Crippen molar-refractivity contribution in [1.82, 2.24) is 9.80 Å². The van der Waals surface area contributed by atoms with Crippen LogP contribution in [0.5, 0.6) is 0 Å². The minimum absolute atomic E-state index is 0.202. The van der Waals surface area contributed by atoms with E-state index in [1.54, 1.807) is 6.08 Å². The maximum atomic E-state index is 12.9. The molecule has 1 aliphatic heterocycles. The molecular weight excluding hydrogens is 353 g/mol. The lowest BCUT2D eigenvalue weighted by molar-refractivity contribution is -0.0883. The molecule has 3 nitrogen and oxygen atoms in total. The summed E-state index contributed by atoms with van der Waals surface area (Å²) in [6.45, 7) is 4.63. The fourth-order valence-corrected chi connectivity index (χ4v) is 3.22. The van der Waals surface area contributed by atoms with Crippen molar-refractivity contribution in [2.45, 2.75) is 18.7 Å². The van der Waals surface area contributed by atoms with Crippen molar-refractivity contribution < 1.29 is 17.9 Å². The van der Waals surface area contributed by atoms with Gasteiger partial charge in [-0.15, -0.1) is 0 Å². The van der Waals surface area contributed by atoms with E-state index in [-0.39, 0.29) is 12.5 Å². The Morgan fingerprint density at radius 1 is 1.00 bits per heavy atom. The van der Waals surface area contributed by atoms with Crippen LogP contribution >= 0.6 is 0 Å². The van der Waals surface area contributed by atoms with E-state index < -0.39 is 11.7 Å². The highest BCUT2D eigenvalue weighted by atomic mass is 19.4. The molecule has 1 saturated heterocycles. The Bertz CT molecular complexity index is 702. The third-order valence-corrected chi connectivity index (χ3v) is 4.88. The molecule has 0 saturated carbocycles. The first-order valence-corrected chi connectivity index (χ1v) is 9.20. The second kappa shape index (κ2) is 8.76. The van der Waals surface area contributed by atoms with Crippen molar-refractivity contribution in [2.24, 2.45) is 0 Å². The van der Waals surface area contributed by atoms with E-state index in [9.17, 15) is 13.2 Å². The highest BCUT2D eigenvalue weighted by Crippen LogP contribution is 2.30. The van der Waals surface area contributed by atoms with Crippen LogP contribution in [0.3, 0.4) is 0 Å². The van der Waals surface area contributed by atoms with Gasteiger partial charge in [0.2, 0.25) is 0 Å². The summed E-state index contributed by atoms with van der Waals surface area (Å²) in [5.74, 6) is 0.480. The van der Waals surface area contributed by atoms with Crippen molar-refractivity contribution in [3.8, 4) is 0 Å². The van der Waals surface area contributed by atoms with E-state index in [0.29, 0.717) is 12.3 Å². The molecule has 2 aliphatic rings. The van der Waals surface area contributed by atoms with Gasteiger partial charge in [-0.25, -0.2) is 0 Å². The molecule has 1 unspecified atom stereocenters. The monoisotopic (exact) mass is 378 g/mol. The smallest absolute Gasteiger partial charge is 0.416 e. The Hall–Kier alpha value is -2.05. The topological polar surface area (TPSA) is 15.7 Å². The van der Waals surface area contributed by atoms with Crippen LogP contribution in [0.4, 0.5) is 13.2 Å². The second-order valence-electron chi connectivity index (χ2n) is 6.95. The summed E-state index contributed by atoms with van der Waals surface area (Å²) in [7, 11) is 2.11. The lowest BCUT2D eigenvalue weighted by Gasteiger charge is -2.35.